The molecule has 2 N–H and O–H groups in total. The van der Waals surface area contributed by atoms with E-state index in [1.54, 1.807) is 13.2 Å². The second-order valence-corrected chi connectivity index (χ2v) is 5.99. The average molecular weight is 313 g/mol. The summed E-state index contributed by atoms with van der Waals surface area (Å²) in [5.74, 6) is 2.00. The second kappa shape index (κ2) is 5.55. The molecule has 2 aliphatic rings. The van der Waals surface area contributed by atoms with Gasteiger partial charge in [-0.25, -0.2) is 4.79 Å². The Balaban J connectivity index is 1.63. The zero-order chi connectivity index (χ0) is 15.0. The molecule has 21 heavy (non-hydrogen) atoms. The number of rotatable bonds is 3. The van der Waals surface area contributed by atoms with E-state index in [2.05, 4.69) is 15.5 Å². The number of amides is 1. The third kappa shape index (κ3) is 2.83. The van der Waals surface area contributed by atoms with Crippen LogP contribution in [0.1, 0.15) is 12.8 Å². The highest BCUT2D eigenvalue weighted by atomic mass is 35.5. The van der Waals surface area contributed by atoms with Crippen LogP contribution in [-0.4, -0.2) is 52.5 Å². The molecular weight excluding hydrogens is 296 g/mol. The molecule has 1 aliphatic heterocycles. The number of fused-ring (bicyclic) bond motifs is 1. The molecule has 8 heteroatoms. The van der Waals surface area contributed by atoms with Crippen molar-refractivity contribution in [1.82, 2.24) is 15.1 Å². The number of carboxylic acid groups (broad SMARTS) is 1. The molecule has 3 rings (SSSR count). The van der Waals surface area contributed by atoms with Gasteiger partial charge in [-0.1, -0.05) is 11.6 Å². The maximum atomic E-state index is 11.0. The monoisotopic (exact) mass is 312 g/mol. The molecule has 3 atom stereocenters. The van der Waals surface area contributed by atoms with Gasteiger partial charge in [-0.15, -0.1) is 10.2 Å². The van der Waals surface area contributed by atoms with E-state index < -0.39 is 6.09 Å². The Labute approximate surface area is 127 Å². The molecule has 2 fully saturated rings. The molecule has 0 bridgehead atoms. The van der Waals surface area contributed by atoms with E-state index in [0.717, 1.165) is 12.8 Å². The summed E-state index contributed by atoms with van der Waals surface area (Å²) in [6.45, 7) is 1.25. The lowest BCUT2D eigenvalue weighted by Gasteiger charge is -2.18. The van der Waals surface area contributed by atoms with Crippen molar-refractivity contribution in [3.63, 3.8) is 0 Å². The van der Waals surface area contributed by atoms with Gasteiger partial charge in [0.25, 0.3) is 0 Å². The van der Waals surface area contributed by atoms with E-state index in [-0.39, 0.29) is 11.2 Å². The van der Waals surface area contributed by atoms with Gasteiger partial charge in [0, 0.05) is 25.2 Å². The summed E-state index contributed by atoms with van der Waals surface area (Å²) in [6, 6.07) is 1.89. The highest BCUT2D eigenvalue weighted by molar-refractivity contribution is 6.29. The minimum absolute atomic E-state index is 0.264. The Hall–Kier alpha value is -1.76. The Morgan fingerprint density at radius 1 is 1.43 bits per heavy atom. The molecule has 114 valence electrons. The SMILES string of the molecule is COc1cc(Cl)nnc1NC1C[C@@H]2CN(C(=O)O)C[C@@H]2C1. The summed E-state index contributed by atoms with van der Waals surface area (Å²) < 4.78 is 5.24. The third-order valence-corrected chi connectivity index (χ3v) is 4.50. The first-order chi connectivity index (χ1) is 10.1. The predicted molar refractivity (Wildman–Crippen MR) is 76.8 cm³/mol. The summed E-state index contributed by atoms with van der Waals surface area (Å²) >= 11 is 5.79. The molecule has 0 spiro atoms. The number of hydrogen-bond acceptors (Lipinski definition) is 5. The Morgan fingerprint density at radius 3 is 2.67 bits per heavy atom. The molecule has 1 aromatic rings. The fourth-order valence-electron chi connectivity index (χ4n) is 3.38. The molecule has 1 aliphatic carbocycles. The van der Waals surface area contributed by atoms with Gasteiger partial charge in [0.1, 0.15) is 0 Å². The van der Waals surface area contributed by atoms with Crippen LogP contribution in [-0.2, 0) is 0 Å². The Kier molecular flexibility index (Phi) is 3.75. The van der Waals surface area contributed by atoms with E-state index in [9.17, 15) is 4.79 Å². The van der Waals surface area contributed by atoms with Crippen LogP contribution in [0.2, 0.25) is 5.15 Å². The van der Waals surface area contributed by atoms with Crippen LogP contribution in [0, 0.1) is 11.8 Å². The van der Waals surface area contributed by atoms with Crippen molar-refractivity contribution >= 4 is 23.5 Å². The molecule has 0 radical (unpaired) electrons. The summed E-state index contributed by atoms with van der Waals surface area (Å²) in [5.41, 5.74) is 0. The van der Waals surface area contributed by atoms with Crippen molar-refractivity contribution in [3.05, 3.63) is 11.2 Å². The lowest BCUT2D eigenvalue weighted by molar-refractivity contribution is 0.152. The van der Waals surface area contributed by atoms with Gasteiger partial charge >= 0.3 is 6.09 Å². The number of nitrogens with one attached hydrogen (secondary N) is 1. The van der Waals surface area contributed by atoms with Crippen molar-refractivity contribution in [2.24, 2.45) is 11.8 Å². The number of likely N-dealkylation sites (tertiary alicyclic amines) is 1. The predicted octanol–water partition coefficient (Wildman–Crippen LogP) is 1.94. The van der Waals surface area contributed by atoms with E-state index in [1.807, 2.05) is 0 Å². The van der Waals surface area contributed by atoms with Crippen molar-refractivity contribution in [2.75, 3.05) is 25.5 Å². The maximum Gasteiger partial charge on any atom is 0.407 e. The van der Waals surface area contributed by atoms with E-state index in [0.29, 0.717) is 36.5 Å². The molecule has 1 unspecified atom stereocenters. The van der Waals surface area contributed by atoms with Gasteiger partial charge in [-0.2, -0.15) is 0 Å². The fourth-order valence-corrected chi connectivity index (χ4v) is 3.51. The summed E-state index contributed by atoms with van der Waals surface area (Å²) in [5, 5.41) is 20.5. The van der Waals surface area contributed by atoms with Crippen molar-refractivity contribution in [2.45, 2.75) is 18.9 Å². The van der Waals surface area contributed by atoms with Crippen LogP contribution in [0.5, 0.6) is 5.75 Å². The highest BCUT2D eigenvalue weighted by Gasteiger charge is 2.42. The third-order valence-electron chi connectivity index (χ3n) is 4.31. The minimum Gasteiger partial charge on any atom is -0.493 e. The largest absolute Gasteiger partial charge is 0.493 e. The van der Waals surface area contributed by atoms with Crippen LogP contribution < -0.4 is 10.1 Å². The molecule has 0 aromatic carbocycles. The zero-order valence-corrected chi connectivity index (χ0v) is 12.4. The first-order valence-electron chi connectivity index (χ1n) is 6.88. The maximum absolute atomic E-state index is 11.0. The quantitative estimate of drug-likeness (QED) is 0.887. The number of ether oxygens (including phenoxy) is 1. The molecule has 7 nitrogen and oxygen atoms in total. The van der Waals surface area contributed by atoms with E-state index in [4.69, 9.17) is 21.4 Å². The lowest BCUT2D eigenvalue weighted by Crippen LogP contribution is -2.29. The number of hydrogen-bond donors (Lipinski definition) is 2. The van der Waals surface area contributed by atoms with Crippen LogP contribution in [0.25, 0.3) is 0 Å². The van der Waals surface area contributed by atoms with Crippen LogP contribution in [0.3, 0.4) is 0 Å². The van der Waals surface area contributed by atoms with Gasteiger partial charge in [-0.3, -0.25) is 0 Å². The number of methoxy groups -OCH3 is 1. The minimum atomic E-state index is -0.820. The average Bonchev–Trinajstić information content (AvgIpc) is 2.98. The van der Waals surface area contributed by atoms with Gasteiger partial charge < -0.3 is 20.1 Å². The second-order valence-electron chi connectivity index (χ2n) is 5.60. The summed E-state index contributed by atoms with van der Waals surface area (Å²) in [7, 11) is 1.56. The number of anilines is 1. The van der Waals surface area contributed by atoms with Gasteiger partial charge in [0.05, 0.1) is 7.11 Å². The molecule has 2 heterocycles. The van der Waals surface area contributed by atoms with Crippen molar-refractivity contribution < 1.29 is 14.6 Å². The summed E-state index contributed by atoms with van der Waals surface area (Å²) in [4.78, 5) is 12.5. The molecular formula is C13H17ClN4O3. The Morgan fingerprint density at radius 2 is 2.10 bits per heavy atom. The topological polar surface area (TPSA) is 87.6 Å². The standard InChI is InChI=1S/C13H17ClN4O3/c1-21-10-4-11(14)16-17-12(10)15-9-2-7-5-18(13(19)20)6-8(7)3-9/h4,7-9H,2-3,5-6H2,1H3,(H,15,17)(H,19,20)/t7-,8+,9?. The van der Waals surface area contributed by atoms with Crippen molar-refractivity contribution in [1.29, 1.82) is 0 Å². The number of nitrogens with zero attached hydrogens (tertiary/aromatic N) is 3. The number of aromatic nitrogens is 2. The molecule has 1 aromatic heterocycles. The van der Waals surface area contributed by atoms with E-state index >= 15 is 0 Å². The van der Waals surface area contributed by atoms with Gasteiger partial charge in [-0.05, 0) is 24.7 Å². The lowest BCUT2D eigenvalue weighted by atomic mass is 10.0. The fraction of sp³-hybridized carbons (Fsp3) is 0.615. The zero-order valence-electron chi connectivity index (χ0n) is 11.6. The molecule has 1 saturated heterocycles. The van der Waals surface area contributed by atoms with Gasteiger partial charge in [0.15, 0.2) is 16.7 Å². The Bertz CT molecular complexity index is 542. The van der Waals surface area contributed by atoms with Gasteiger partial charge in [0.2, 0.25) is 0 Å². The first-order valence-corrected chi connectivity index (χ1v) is 7.26. The van der Waals surface area contributed by atoms with Crippen LogP contribution in [0.4, 0.5) is 10.6 Å². The molecule has 1 amide bonds. The van der Waals surface area contributed by atoms with E-state index in [1.165, 1.54) is 4.90 Å². The van der Waals surface area contributed by atoms with Crippen LogP contribution >= 0.6 is 11.6 Å². The molecule has 1 saturated carbocycles. The van der Waals surface area contributed by atoms with Crippen molar-refractivity contribution in [3.8, 4) is 5.75 Å². The highest BCUT2D eigenvalue weighted by Crippen LogP contribution is 2.39. The normalized spacial score (nSPS) is 27.5. The number of carbonyl (C=O) groups is 1. The summed E-state index contributed by atoms with van der Waals surface area (Å²) in [6.07, 6.45) is 1.04. The number of halogens is 1. The smallest absolute Gasteiger partial charge is 0.407 e. The van der Waals surface area contributed by atoms with Crippen LogP contribution in [0.15, 0.2) is 6.07 Å². The first kappa shape index (κ1) is 14.2.